The lowest BCUT2D eigenvalue weighted by molar-refractivity contribution is -0.116. The summed E-state index contributed by atoms with van der Waals surface area (Å²) in [5.74, 6) is -0.154. The second-order valence-electron chi connectivity index (χ2n) is 5.56. The maximum Gasteiger partial charge on any atom is 0.187 e. The zero-order valence-corrected chi connectivity index (χ0v) is 12.7. The number of ether oxygens (including phenoxy) is 1. The highest BCUT2D eigenvalue weighted by atomic mass is 16.5. The van der Waals surface area contributed by atoms with Crippen LogP contribution in [0.25, 0.3) is 17.1 Å². The molecule has 1 aromatic heterocycles. The van der Waals surface area contributed by atoms with E-state index in [0.717, 1.165) is 22.3 Å². The molecule has 0 spiro atoms. The van der Waals surface area contributed by atoms with Crippen molar-refractivity contribution in [1.29, 1.82) is 5.26 Å². The van der Waals surface area contributed by atoms with E-state index < -0.39 is 5.92 Å². The van der Waals surface area contributed by atoms with Gasteiger partial charge >= 0.3 is 0 Å². The minimum absolute atomic E-state index is 0.161. The molecule has 24 heavy (non-hydrogen) atoms. The van der Waals surface area contributed by atoms with Crippen LogP contribution >= 0.6 is 0 Å². The van der Waals surface area contributed by atoms with Gasteiger partial charge < -0.3 is 9.72 Å². The number of carbonyl (C=O) groups is 1. The maximum atomic E-state index is 12.8. The SMILES string of the molecule is N#C[C@H](C(=O)C1=Cc2ccccc2OC1)c1nc2ccccc2[nH]1. The third-order valence-electron chi connectivity index (χ3n) is 4.02. The van der Waals surface area contributed by atoms with Crippen LogP contribution in [0.3, 0.4) is 0 Å². The Balaban J connectivity index is 1.70. The summed E-state index contributed by atoms with van der Waals surface area (Å²) in [6.45, 7) is 0.161. The van der Waals surface area contributed by atoms with E-state index in [1.807, 2.05) is 48.5 Å². The number of H-pyrrole nitrogens is 1. The lowest BCUT2D eigenvalue weighted by atomic mass is 9.95. The van der Waals surface area contributed by atoms with E-state index in [0.29, 0.717) is 11.4 Å². The molecule has 2 aromatic carbocycles. The standard InChI is InChI=1S/C19H13N3O2/c20-10-14(19-21-15-6-2-3-7-16(15)22-19)18(23)13-9-12-5-1-4-8-17(12)24-11-13/h1-9,14H,11H2,(H,21,22)/t14-/m1/s1. The number of rotatable bonds is 3. The third kappa shape index (κ3) is 2.34. The van der Waals surface area contributed by atoms with E-state index in [-0.39, 0.29) is 12.4 Å². The van der Waals surface area contributed by atoms with Crippen molar-refractivity contribution in [2.75, 3.05) is 6.61 Å². The van der Waals surface area contributed by atoms with Crippen molar-refractivity contribution in [1.82, 2.24) is 9.97 Å². The Bertz CT molecular complexity index is 978. The summed E-state index contributed by atoms with van der Waals surface area (Å²) in [5, 5.41) is 9.50. The van der Waals surface area contributed by atoms with Crippen molar-refractivity contribution in [3.63, 3.8) is 0 Å². The average Bonchev–Trinajstić information content (AvgIpc) is 3.05. The number of nitriles is 1. The molecular weight excluding hydrogens is 302 g/mol. The lowest BCUT2D eigenvalue weighted by Gasteiger charge is -2.18. The Hall–Kier alpha value is -3.39. The number of fused-ring (bicyclic) bond motifs is 2. The monoisotopic (exact) mass is 315 g/mol. The molecule has 0 saturated carbocycles. The van der Waals surface area contributed by atoms with Crippen molar-refractivity contribution in [2.45, 2.75) is 5.92 Å². The highest BCUT2D eigenvalue weighted by Gasteiger charge is 2.28. The number of para-hydroxylation sites is 3. The quantitative estimate of drug-likeness (QED) is 0.805. The zero-order chi connectivity index (χ0) is 16.5. The molecule has 0 amide bonds. The second kappa shape index (κ2) is 5.67. The van der Waals surface area contributed by atoms with Crippen LogP contribution in [0.1, 0.15) is 17.3 Å². The van der Waals surface area contributed by atoms with Gasteiger partial charge in [0.2, 0.25) is 0 Å². The Morgan fingerprint density at radius 3 is 2.83 bits per heavy atom. The molecule has 0 radical (unpaired) electrons. The van der Waals surface area contributed by atoms with Crippen LogP contribution in [0.2, 0.25) is 0 Å². The molecule has 116 valence electrons. The number of aromatic nitrogens is 2. The minimum Gasteiger partial charge on any atom is -0.488 e. The molecule has 1 aliphatic heterocycles. The summed E-state index contributed by atoms with van der Waals surface area (Å²) in [5.41, 5.74) is 2.86. The number of aromatic amines is 1. The molecule has 2 heterocycles. The van der Waals surface area contributed by atoms with Crippen LogP contribution in [0, 0.1) is 11.3 Å². The van der Waals surface area contributed by atoms with Gasteiger partial charge in [-0.3, -0.25) is 4.79 Å². The molecule has 0 bridgehead atoms. The van der Waals surface area contributed by atoms with Crippen LogP contribution in [0.15, 0.2) is 54.1 Å². The van der Waals surface area contributed by atoms with Crippen molar-refractivity contribution in [3.05, 3.63) is 65.5 Å². The molecule has 0 aliphatic carbocycles. The van der Waals surface area contributed by atoms with E-state index in [1.54, 1.807) is 6.08 Å². The van der Waals surface area contributed by atoms with E-state index in [2.05, 4.69) is 16.0 Å². The summed E-state index contributed by atoms with van der Waals surface area (Å²) in [4.78, 5) is 20.2. The molecule has 0 fully saturated rings. The number of nitrogens with one attached hydrogen (secondary N) is 1. The first-order valence-electron chi connectivity index (χ1n) is 7.57. The first-order chi connectivity index (χ1) is 11.8. The summed E-state index contributed by atoms with van der Waals surface area (Å²) in [6.07, 6.45) is 1.79. The molecule has 1 aliphatic rings. The van der Waals surface area contributed by atoms with Crippen LogP contribution in [-0.4, -0.2) is 22.4 Å². The number of carbonyl (C=O) groups excluding carboxylic acids is 1. The topological polar surface area (TPSA) is 78.8 Å². The molecule has 0 unspecified atom stereocenters. The Labute approximate surface area is 138 Å². The van der Waals surface area contributed by atoms with Gasteiger partial charge in [-0.25, -0.2) is 4.98 Å². The van der Waals surface area contributed by atoms with E-state index >= 15 is 0 Å². The largest absolute Gasteiger partial charge is 0.488 e. The van der Waals surface area contributed by atoms with Gasteiger partial charge in [0.25, 0.3) is 0 Å². The molecule has 4 rings (SSSR count). The van der Waals surface area contributed by atoms with Gasteiger partial charge in [0.1, 0.15) is 18.2 Å². The summed E-state index contributed by atoms with van der Waals surface area (Å²) < 4.78 is 5.62. The summed E-state index contributed by atoms with van der Waals surface area (Å²) in [7, 11) is 0. The Morgan fingerprint density at radius 2 is 2.00 bits per heavy atom. The molecule has 5 heteroatoms. The molecule has 1 atom stereocenters. The molecule has 0 saturated heterocycles. The van der Waals surface area contributed by atoms with E-state index in [9.17, 15) is 10.1 Å². The fraction of sp³-hybridized carbons (Fsp3) is 0.105. The highest BCUT2D eigenvalue weighted by Crippen LogP contribution is 2.29. The van der Waals surface area contributed by atoms with Gasteiger partial charge in [0.05, 0.1) is 17.1 Å². The number of hydrogen-bond donors (Lipinski definition) is 1. The molecule has 1 N–H and O–H groups in total. The number of imidazole rings is 1. The number of nitrogens with zero attached hydrogens (tertiary/aromatic N) is 2. The summed E-state index contributed by atoms with van der Waals surface area (Å²) in [6, 6.07) is 17.0. The molecule has 5 nitrogen and oxygen atoms in total. The predicted octanol–water partition coefficient (Wildman–Crippen LogP) is 3.22. The van der Waals surface area contributed by atoms with Gasteiger partial charge in [0.15, 0.2) is 11.7 Å². The van der Waals surface area contributed by atoms with Crippen LogP contribution in [0.5, 0.6) is 5.75 Å². The van der Waals surface area contributed by atoms with Crippen molar-refractivity contribution in [2.24, 2.45) is 0 Å². The third-order valence-corrected chi connectivity index (χ3v) is 4.02. The number of benzene rings is 2. The number of Topliss-reactive ketones (excluding diaryl/α,β-unsaturated/α-hetero) is 1. The van der Waals surface area contributed by atoms with Gasteiger partial charge in [-0.05, 0) is 24.3 Å². The highest BCUT2D eigenvalue weighted by molar-refractivity contribution is 6.06. The van der Waals surface area contributed by atoms with Crippen LogP contribution in [-0.2, 0) is 4.79 Å². The average molecular weight is 315 g/mol. The lowest BCUT2D eigenvalue weighted by Crippen LogP contribution is -2.21. The van der Waals surface area contributed by atoms with Crippen LogP contribution < -0.4 is 4.74 Å². The fourth-order valence-corrected chi connectivity index (χ4v) is 2.80. The first kappa shape index (κ1) is 14.2. The Morgan fingerprint density at radius 1 is 1.21 bits per heavy atom. The van der Waals surface area contributed by atoms with E-state index in [1.165, 1.54) is 0 Å². The summed E-state index contributed by atoms with van der Waals surface area (Å²) >= 11 is 0. The van der Waals surface area contributed by atoms with Gasteiger partial charge in [-0.2, -0.15) is 5.26 Å². The first-order valence-corrected chi connectivity index (χ1v) is 7.57. The van der Waals surface area contributed by atoms with E-state index in [4.69, 9.17) is 4.74 Å². The van der Waals surface area contributed by atoms with Gasteiger partial charge in [-0.15, -0.1) is 0 Å². The predicted molar refractivity (Wildman–Crippen MR) is 89.4 cm³/mol. The van der Waals surface area contributed by atoms with Crippen LogP contribution in [0.4, 0.5) is 0 Å². The van der Waals surface area contributed by atoms with Crippen molar-refractivity contribution in [3.8, 4) is 11.8 Å². The molecular formula is C19H13N3O2. The maximum absolute atomic E-state index is 12.8. The fourth-order valence-electron chi connectivity index (χ4n) is 2.80. The number of hydrogen-bond acceptors (Lipinski definition) is 4. The van der Waals surface area contributed by atoms with Gasteiger partial charge in [0, 0.05) is 11.1 Å². The smallest absolute Gasteiger partial charge is 0.187 e. The Kier molecular flexibility index (Phi) is 3.36. The minimum atomic E-state index is -0.975. The zero-order valence-electron chi connectivity index (χ0n) is 12.7. The number of ketones is 1. The van der Waals surface area contributed by atoms with Gasteiger partial charge in [-0.1, -0.05) is 30.3 Å². The van der Waals surface area contributed by atoms with Crippen molar-refractivity contribution < 1.29 is 9.53 Å². The van der Waals surface area contributed by atoms with Crippen molar-refractivity contribution >= 4 is 22.9 Å². The normalized spacial score (nSPS) is 14.2. The molecule has 3 aromatic rings. The second-order valence-corrected chi connectivity index (χ2v) is 5.56.